The van der Waals surface area contributed by atoms with E-state index in [1.165, 1.54) is 25.8 Å². The van der Waals surface area contributed by atoms with Gasteiger partial charge in [-0.05, 0) is 45.6 Å². The van der Waals surface area contributed by atoms with E-state index in [1.807, 2.05) is 0 Å². The number of rotatable bonds is 3. The number of hydrogen-bond acceptors (Lipinski definition) is 1. The molecule has 1 nitrogen and oxygen atoms in total. The van der Waals surface area contributed by atoms with Crippen LogP contribution in [0.1, 0.15) is 47.0 Å². The molecule has 0 aromatic rings. The molecule has 1 heterocycles. The molecule has 0 N–H and O–H groups in total. The molecule has 0 aromatic carbocycles. The van der Waals surface area contributed by atoms with Crippen molar-refractivity contribution < 1.29 is 0 Å². The summed E-state index contributed by atoms with van der Waals surface area (Å²) in [6.07, 6.45) is 4.23. The van der Waals surface area contributed by atoms with Gasteiger partial charge in [-0.2, -0.15) is 13.5 Å². The van der Waals surface area contributed by atoms with Gasteiger partial charge in [-0.1, -0.05) is 13.8 Å². The second-order valence-electron chi connectivity index (χ2n) is 4.76. The van der Waals surface area contributed by atoms with E-state index in [2.05, 4.69) is 32.6 Å². The van der Waals surface area contributed by atoms with E-state index in [0.29, 0.717) is 0 Å². The zero-order valence-corrected chi connectivity index (χ0v) is 10.5. The summed E-state index contributed by atoms with van der Waals surface area (Å²) in [6, 6.07) is 1.63. The van der Waals surface area contributed by atoms with Crippen LogP contribution in [0.15, 0.2) is 0 Å². The van der Waals surface area contributed by atoms with Gasteiger partial charge in [0, 0.05) is 12.1 Å². The molecule has 0 spiro atoms. The van der Waals surface area contributed by atoms with Crippen LogP contribution in [0.5, 0.6) is 0 Å². The largest absolute Gasteiger partial charge is 0.298 e. The molecule has 13 heavy (non-hydrogen) atoms. The van der Waals surface area contributed by atoms with Crippen molar-refractivity contribution in [2.75, 3.05) is 6.54 Å². The first-order valence-electron chi connectivity index (χ1n) is 5.37. The van der Waals surface area contributed by atoms with E-state index >= 15 is 0 Å². The molecule has 80 valence electrons. The molecule has 0 saturated carbocycles. The second kappa shape index (κ2) is 5.92. The summed E-state index contributed by atoms with van der Waals surface area (Å²) in [5.41, 5.74) is 0. The van der Waals surface area contributed by atoms with Crippen LogP contribution < -0.4 is 0 Å². The summed E-state index contributed by atoms with van der Waals surface area (Å²) < 4.78 is 0. The summed E-state index contributed by atoms with van der Waals surface area (Å²) in [7, 11) is 0. The quantitative estimate of drug-likeness (QED) is 0.681. The first-order chi connectivity index (χ1) is 5.61. The number of likely N-dealkylation sites (tertiary alicyclic amines) is 1. The highest BCUT2D eigenvalue weighted by atomic mass is 32.1. The first kappa shape index (κ1) is 13.3. The van der Waals surface area contributed by atoms with Crippen molar-refractivity contribution in [2.45, 2.75) is 59.0 Å². The minimum atomic E-state index is 0. The molecule has 1 aliphatic heterocycles. The Hall–Kier alpha value is 0.310. The van der Waals surface area contributed by atoms with Crippen LogP contribution in [0.2, 0.25) is 0 Å². The van der Waals surface area contributed by atoms with Gasteiger partial charge in [0.25, 0.3) is 0 Å². The van der Waals surface area contributed by atoms with Crippen molar-refractivity contribution in [3.8, 4) is 0 Å². The smallest absolute Gasteiger partial charge is 0.0101 e. The Bertz CT molecular complexity index is 134. The van der Waals surface area contributed by atoms with Crippen LogP contribution in [0.3, 0.4) is 0 Å². The van der Waals surface area contributed by atoms with Gasteiger partial charge >= 0.3 is 0 Å². The Balaban J connectivity index is 0.00000144. The lowest BCUT2D eigenvalue weighted by molar-refractivity contribution is 0.183. The lowest BCUT2D eigenvalue weighted by Crippen LogP contribution is -2.36. The molecule has 0 bridgehead atoms. The van der Waals surface area contributed by atoms with Crippen molar-refractivity contribution >= 4 is 13.5 Å². The summed E-state index contributed by atoms with van der Waals surface area (Å²) >= 11 is 0. The molecule has 1 aliphatic rings. The minimum Gasteiger partial charge on any atom is -0.298 e. The second-order valence-corrected chi connectivity index (χ2v) is 4.76. The molecule has 0 aliphatic carbocycles. The normalized spacial score (nSPS) is 24.0. The SMILES string of the molecule is CC(C)CC1CCCN1C(C)C.S. The average molecular weight is 203 g/mol. The molecular weight excluding hydrogens is 178 g/mol. The standard InChI is InChI=1S/C11H23N.H2S/c1-9(2)8-11-6-5-7-12(11)10(3)4;/h9-11H,5-8H2,1-4H3;1H2. The summed E-state index contributed by atoms with van der Waals surface area (Å²) in [6.45, 7) is 10.6. The van der Waals surface area contributed by atoms with Gasteiger partial charge in [0.15, 0.2) is 0 Å². The number of nitrogens with zero attached hydrogens (tertiary/aromatic N) is 1. The Morgan fingerprint density at radius 2 is 1.85 bits per heavy atom. The monoisotopic (exact) mass is 203 g/mol. The molecule has 1 rings (SSSR count). The Morgan fingerprint density at radius 3 is 2.31 bits per heavy atom. The van der Waals surface area contributed by atoms with E-state index in [9.17, 15) is 0 Å². The summed E-state index contributed by atoms with van der Waals surface area (Å²) in [5, 5.41) is 0. The zero-order chi connectivity index (χ0) is 9.14. The highest BCUT2D eigenvalue weighted by molar-refractivity contribution is 7.59. The summed E-state index contributed by atoms with van der Waals surface area (Å²) in [5.74, 6) is 0.856. The predicted octanol–water partition coefficient (Wildman–Crippen LogP) is 3.02. The van der Waals surface area contributed by atoms with Crippen LogP contribution in [-0.4, -0.2) is 23.5 Å². The molecule has 1 atom stereocenters. The van der Waals surface area contributed by atoms with Crippen molar-refractivity contribution in [3.05, 3.63) is 0 Å². The van der Waals surface area contributed by atoms with Crippen molar-refractivity contribution in [2.24, 2.45) is 5.92 Å². The van der Waals surface area contributed by atoms with E-state index in [4.69, 9.17) is 0 Å². The maximum absolute atomic E-state index is 2.67. The topological polar surface area (TPSA) is 3.24 Å². The lowest BCUT2D eigenvalue weighted by Gasteiger charge is -2.29. The van der Waals surface area contributed by atoms with Crippen molar-refractivity contribution in [3.63, 3.8) is 0 Å². The van der Waals surface area contributed by atoms with Crippen LogP contribution in [0.25, 0.3) is 0 Å². The maximum Gasteiger partial charge on any atom is 0.0101 e. The van der Waals surface area contributed by atoms with Gasteiger partial charge < -0.3 is 0 Å². The minimum absolute atomic E-state index is 0. The molecule has 1 saturated heterocycles. The average Bonchev–Trinajstić information content (AvgIpc) is 2.33. The van der Waals surface area contributed by atoms with Gasteiger partial charge in [-0.3, -0.25) is 4.90 Å². The summed E-state index contributed by atoms with van der Waals surface area (Å²) in [4.78, 5) is 2.67. The third-order valence-electron chi connectivity index (χ3n) is 2.83. The van der Waals surface area contributed by atoms with Gasteiger partial charge in [0.1, 0.15) is 0 Å². The molecular formula is C11H25NS. The molecule has 0 aromatic heterocycles. The lowest BCUT2D eigenvalue weighted by atomic mass is 10.0. The van der Waals surface area contributed by atoms with Gasteiger partial charge in [0.05, 0.1) is 0 Å². The molecule has 1 fully saturated rings. The van der Waals surface area contributed by atoms with Crippen LogP contribution >= 0.6 is 13.5 Å². The fourth-order valence-corrected chi connectivity index (χ4v) is 2.34. The van der Waals surface area contributed by atoms with E-state index in [-0.39, 0.29) is 13.5 Å². The predicted molar refractivity (Wildman–Crippen MR) is 64.7 cm³/mol. The third kappa shape index (κ3) is 3.90. The van der Waals surface area contributed by atoms with Gasteiger partial charge in [0.2, 0.25) is 0 Å². The Labute approximate surface area is 90.3 Å². The molecule has 2 heteroatoms. The molecule has 0 radical (unpaired) electrons. The van der Waals surface area contributed by atoms with E-state index in [0.717, 1.165) is 18.0 Å². The maximum atomic E-state index is 2.67. The van der Waals surface area contributed by atoms with Crippen LogP contribution in [-0.2, 0) is 0 Å². The van der Waals surface area contributed by atoms with Gasteiger partial charge in [-0.25, -0.2) is 0 Å². The van der Waals surface area contributed by atoms with E-state index < -0.39 is 0 Å². The third-order valence-corrected chi connectivity index (χ3v) is 2.83. The highest BCUT2D eigenvalue weighted by Gasteiger charge is 2.26. The molecule has 0 amide bonds. The first-order valence-corrected chi connectivity index (χ1v) is 5.37. The highest BCUT2D eigenvalue weighted by Crippen LogP contribution is 2.24. The van der Waals surface area contributed by atoms with Crippen molar-refractivity contribution in [1.29, 1.82) is 0 Å². The number of hydrogen-bond donors (Lipinski definition) is 0. The Kier molecular flexibility index (Phi) is 6.06. The van der Waals surface area contributed by atoms with Crippen LogP contribution in [0, 0.1) is 5.92 Å². The Morgan fingerprint density at radius 1 is 1.23 bits per heavy atom. The fraction of sp³-hybridized carbons (Fsp3) is 1.00. The molecule has 1 unspecified atom stereocenters. The zero-order valence-electron chi connectivity index (χ0n) is 9.51. The van der Waals surface area contributed by atoms with Gasteiger partial charge in [-0.15, -0.1) is 0 Å². The van der Waals surface area contributed by atoms with E-state index in [1.54, 1.807) is 0 Å². The fourth-order valence-electron chi connectivity index (χ4n) is 2.34. The van der Waals surface area contributed by atoms with Crippen LogP contribution in [0.4, 0.5) is 0 Å². The van der Waals surface area contributed by atoms with Crippen molar-refractivity contribution in [1.82, 2.24) is 4.90 Å².